The first kappa shape index (κ1) is 12.8. The molecule has 1 amide bonds. The van der Waals surface area contributed by atoms with Gasteiger partial charge in [0.1, 0.15) is 0 Å². The van der Waals surface area contributed by atoms with Crippen molar-refractivity contribution in [3.05, 3.63) is 42.1 Å². The number of alkyl halides is 1. The molecule has 0 aliphatic carbocycles. The van der Waals surface area contributed by atoms with Crippen LogP contribution in [0.4, 0.5) is 0 Å². The van der Waals surface area contributed by atoms with E-state index >= 15 is 0 Å². The van der Waals surface area contributed by atoms with Gasteiger partial charge in [-0.15, -0.1) is 11.6 Å². The van der Waals surface area contributed by atoms with Gasteiger partial charge in [0.05, 0.1) is 11.1 Å². The van der Waals surface area contributed by atoms with Crippen LogP contribution in [0.5, 0.6) is 0 Å². The van der Waals surface area contributed by atoms with E-state index < -0.39 is 0 Å². The van der Waals surface area contributed by atoms with Gasteiger partial charge in [-0.05, 0) is 19.1 Å². The minimum atomic E-state index is -0.0116. The van der Waals surface area contributed by atoms with Crippen molar-refractivity contribution in [1.29, 1.82) is 0 Å². The van der Waals surface area contributed by atoms with Gasteiger partial charge < -0.3 is 4.90 Å². The smallest absolute Gasteiger partial charge is 0.256 e. The minimum Gasteiger partial charge on any atom is -0.338 e. The first-order valence-corrected chi connectivity index (χ1v) is 6.50. The molecule has 0 aliphatic rings. The molecule has 1 aromatic carbocycles. The molecule has 0 aliphatic heterocycles. The third-order valence-electron chi connectivity index (χ3n) is 2.89. The molecular weight excluding hydrogens is 248 g/mol. The molecule has 18 heavy (non-hydrogen) atoms. The second kappa shape index (κ2) is 5.83. The summed E-state index contributed by atoms with van der Waals surface area (Å²) >= 11 is 5.72. The Labute approximate surface area is 111 Å². The Bertz CT molecular complexity index is 551. The summed E-state index contributed by atoms with van der Waals surface area (Å²) in [5, 5.41) is 0.977. The fourth-order valence-corrected chi connectivity index (χ4v) is 2.16. The zero-order valence-corrected chi connectivity index (χ0v) is 11.0. The molecule has 0 unspecified atom stereocenters. The summed E-state index contributed by atoms with van der Waals surface area (Å²) in [7, 11) is 0. The molecule has 0 bridgehead atoms. The van der Waals surface area contributed by atoms with Gasteiger partial charge in [0.25, 0.3) is 5.91 Å². The lowest BCUT2D eigenvalue weighted by Crippen LogP contribution is -2.32. The molecule has 0 N–H and O–H groups in total. The zero-order valence-electron chi connectivity index (χ0n) is 10.3. The van der Waals surface area contributed by atoms with Crippen molar-refractivity contribution in [2.24, 2.45) is 0 Å². The molecule has 1 aromatic heterocycles. The molecular formula is C14H15ClN2O. The highest BCUT2D eigenvalue weighted by atomic mass is 35.5. The molecule has 94 valence electrons. The summed E-state index contributed by atoms with van der Waals surface area (Å²) in [6, 6.07) is 9.47. The Balaban J connectivity index is 2.44. The van der Waals surface area contributed by atoms with Crippen molar-refractivity contribution in [2.45, 2.75) is 6.92 Å². The monoisotopic (exact) mass is 262 g/mol. The summed E-state index contributed by atoms with van der Waals surface area (Å²) in [5.74, 6) is 0.431. The number of halogens is 1. The lowest BCUT2D eigenvalue weighted by Gasteiger charge is -2.20. The number of nitrogens with zero attached hydrogens (tertiary/aromatic N) is 2. The molecule has 0 radical (unpaired) electrons. The van der Waals surface area contributed by atoms with Gasteiger partial charge in [-0.1, -0.05) is 18.2 Å². The summed E-state index contributed by atoms with van der Waals surface area (Å²) in [6.45, 7) is 3.15. The zero-order chi connectivity index (χ0) is 13.0. The molecule has 0 fully saturated rings. The van der Waals surface area contributed by atoms with Crippen LogP contribution in [0.1, 0.15) is 17.3 Å². The fourth-order valence-electron chi connectivity index (χ4n) is 1.95. The number of carbonyl (C=O) groups is 1. The maximum Gasteiger partial charge on any atom is 0.256 e. The van der Waals surface area contributed by atoms with Crippen molar-refractivity contribution in [3.8, 4) is 0 Å². The van der Waals surface area contributed by atoms with Crippen LogP contribution in [-0.2, 0) is 0 Å². The molecule has 1 heterocycles. The van der Waals surface area contributed by atoms with Crippen LogP contribution in [0.25, 0.3) is 10.9 Å². The Morgan fingerprint density at radius 1 is 1.33 bits per heavy atom. The number of pyridine rings is 1. The van der Waals surface area contributed by atoms with Crippen LogP contribution in [0.2, 0.25) is 0 Å². The van der Waals surface area contributed by atoms with Crippen LogP contribution in [0, 0.1) is 0 Å². The number of fused-ring (bicyclic) bond motifs is 1. The van der Waals surface area contributed by atoms with Crippen molar-refractivity contribution in [3.63, 3.8) is 0 Å². The lowest BCUT2D eigenvalue weighted by atomic mass is 10.1. The van der Waals surface area contributed by atoms with E-state index in [1.165, 1.54) is 0 Å². The van der Waals surface area contributed by atoms with E-state index in [0.717, 1.165) is 10.9 Å². The van der Waals surface area contributed by atoms with Crippen molar-refractivity contribution >= 4 is 28.4 Å². The van der Waals surface area contributed by atoms with Gasteiger partial charge in [0, 0.05) is 30.6 Å². The fraction of sp³-hybridized carbons (Fsp3) is 0.286. The summed E-state index contributed by atoms with van der Waals surface area (Å²) in [6.07, 6.45) is 1.71. The number of rotatable bonds is 4. The third-order valence-corrected chi connectivity index (χ3v) is 3.06. The summed E-state index contributed by atoms with van der Waals surface area (Å²) in [5.41, 5.74) is 1.39. The van der Waals surface area contributed by atoms with Crippen LogP contribution >= 0.6 is 11.6 Å². The SMILES string of the molecule is CCN(CCCl)C(=O)c1cccc2cccnc12. The summed E-state index contributed by atoms with van der Waals surface area (Å²) in [4.78, 5) is 18.4. The average Bonchev–Trinajstić information content (AvgIpc) is 2.43. The van der Waals surface area contributed by atoms with Crippen LogP contribution in [0.3, 0.4) is 0 Å². The topological polar surface area (TPSA) is 33.2 Å². The highest BCUT2D eigenvalue weighted by molar-refractivity contribution is 6.18. The third kappa shape index (κ3) is 2.46. The molecule has 3 nitrogen and oxygen atoms in total. The van der Waals surface area contributed by atoms with Gasteiger partial charge in [-0.2, -0.15) is 0 Å². The van der Waals surface area contributed by atoms with Crippen LogP contribution in [0.15, 0.2) is 36.5 Å². The van der Waals surface area contributed by atoms with E-state index in [1.807, 2.05) is 37.3 Å². The van der Waals surface area contributed by atoms with Gasteiger partial charge >= 0.3 is 0 Å². The Morgan fingerprint density at radius 3 is 2.83 bits per heavy atom. The molecule has 4 heteroatoms. The number of hydrogen-bond acceptors (Lipinski definition) is 2. The van der Waals surface area contributed by atoms with E-state index in [4.69, 9.17) is 11.6 Å². The number of para-hydroxylation sites is 1. The number of carbonyl (C=O) groups excluding carboxylic acids is 1. The van der Waals surface area contributed by atoms with Crippen LogP contribution < -0.4 is 0 Å². The van der Waals surface area contributed by atoms with Crippen molar-refractivity contribution < 1.29 is 4.79 Å². The van der Waals surface area contributed by atoms with Gasteiger partial charge in [-0.25, -0.2) is 0 Å². The maximum absolute atomic E-state index is 12.4. The van der Waals surface area contributed by atoms with E-state index in [2.05, 4.69) is 4.98 Å². The van der Waals surface area contributed by atoms with Crippen molar-refractivity contribution in [1.82, 2.24) is 9.88 Å². The highest BCUT2D eigenvalue weighted by Crippen LogP contribution is 2.17. The first-order chi connectivity index (χ1) is 8.77. The van der Waals surface area contributed by atoms with Gasteiger partial charge in [0.15, 0.2) is 0 Å². The number of amides is 1. The van der Waals surface area contributed by atoms with Gasteiger partial charge in [-0.3, -0.25) is 9.78 Å². The molecule has 0 atom stereocenters. The number of aromatic nitrogens is 1. The lowest BCUT2D eigenvalue weighted by molar-refractivity contribution is 0.0776. The minimum absolute atomic E-state index is 0.0116. The highest BCUT2D eigenvalue weighted by Gasteiger charge is 2.16. The van der Waals surface area contributed by atoms with Crippen molar-refractivity contribution in [2.75, 3.05) is 19.0 Å². The largest absolute Gasteiger partial charge is 0.338 e. The predicted molar refractivity (Wildman–Crippen MR) is 74.0 cm³/mol. The molecule has 2 aromatic rings. The normalized spacial score (nSPS) is 10.6. The average molecular weight is 263 g/mol. The first-order valence-electron chi connectivity index (χ1n) is 5.97. The number of hydrogen-bond donors (Lipinski definition) is 0. The van der Waals surface area contributed by atoms with E-state index in [0.29, 0.717) is 24.5 Å². The molecule has 0 spiro atoms. The standard InChI is InChI=1S/C14H15ClN2O/c1-2-17(10-8-15)14(18)12-7-3-5-11-6-4-9-16-13(11)12/h3-7,9H,2,8,10H2,1H3. The van der Waals surface area contributed by atoms with E-state index in [-0.39, 0.29) is 5.91 Å². The van der Waals surface area contributed by atoms with Gasteiger partial charge in [0.2, 0.25) is 0 Å². The molecule has 0 saturated carbocycles. The number of benzene rings is 1. The Morgan fingerprint density at radius 2 is 2.11 bits per heavy atom. The molecule has 2 rings (SSSR count). The maximum atomic E-state index is 12.4. The quantitative estimate of drug-likeness (QED) is 0.794. The van der Waals surface area contributed by atoms with Crippen LogP contribution in [-0.4, -0.2) is 34.8 Å². The second-order valence-corrected chi connectivity index (χ2v) is 4.33. The van der Waals surface area contributed by atoms with E-state index in [9.17, 15) is 4.79 Å². The molecule has 0 saturated heterocycles. The Kier molecular flexibility index (Phi) is 4.15. The predicted octanol–water partition coefficient (Wildman–Crippen LogP) is 2.94. The van der Waals surface area contributed by atoms with E-state index in [1.54, 1.807) is 11.1 Å². The summed E-state index contributed by atoms with van der Waals surface area (Å²) < 4.78 is 0. The Hall–Kier alpha value is -1.61. The second-order valence-electron chi connectivity index (χ2n) is 3.95.